The van der Waals surface area contributed by atoms with Gasteiger partial charge in [0, 0.05) is 46.8 Å². The predicted molar refractivity (Wildman–Crippen MR) is 119 cm³/mol. The van der Waals surface area contributed by atoms with Gasteiger partial charge in [0.25, 0.3) is 0 Å². The van der Waals surface area contributed by atoms with Gasteiger partial charge >= 0.3 is 0 Å². The minimum atomic E-state index is 0.683. The molecule has 0 saturated carbocycles. The highest BCUT2D eigenvalue weighted by Crippen LogP contribution is 2.30. The van der Waals surface area contributed by atoms with Gasteiger partial charge in [0.2, 0.25) is 0 Å². The Morgan fingerprint density at radius 1 is 0.933 bits per heavy atom. The molecule has 0 aliphatic carbocycles. The molecule has 0 unspecified atom stereocenters. The number of rotatable bonds is 5. The van der Waals surface area contributed by atoms with Crippen LogP contribution in [0, 0.1) is 6.92 Å². The monoisotopic (exact) mass is 432 g/mol. The van der Waals surface area contributed by atoms with Gasteiger partial charge in [0.05, 0.1) is 5.69 Å². The van der Waals surface area contributed by atoms with E-state index >= 15 is 0 Å². The van der Waals surface area contributed by atoms with Crippen molar-refractivity contribution in [3.63, 3.8) is 0 Å². The average molecular weight is 433 g/mol. The summed E-state index contributed by atoms with van der Waals surface area (Å²) < 4.78 is 4.09. The van der Waals surface area contributed by atoms with Crippen LogP contribution >= 0.6 is 23.4 Å². The molecule has 30 heavy (non-hydrogen) atoms. The lowest BCUT2D eigenvalue weighted by Gasteiger charge is -2.10. The number of fused-ring (bicyclic) bond motifs is 1. The molecule has 0 amide bonds. The molecule has 0 bridgehead atoms. The summed E-state index contributed by atoms with van der Waals surface area (Å²) >= 11 is 7.70. The minimum Gasteiger partial charge on any atom is -0.307 e. The van der Waals surface area contributed by atoms with E-state index in [2.05, 4.69) is 45.0 Å². The zero-order valence-corrected chi connectivity index (χ0v) is 17.7. The number of aryl methyl sites for hydroxylation is 1. The van der Waals surface area contributed by atoms with Gasteiger partial charge in [0.1, 0.15) is 5.65 Å². The number of hydrogen-bond acceptors (Lipinski definition) is 5. The van der Waals surface area contributed by atoms with Crippen LogP contribution in [0.15, 0.2) is 78.5 Å². The molecule has 4 heterocycles. The summed E-state index contributed by atoms with van der Waals surface area (Å²) in [5.41, 5.74) is 5.02. The van der Waals surface area contributed by atoms with Crippen molar-refractivity contribution < 1.29 is 0 Å². The highest BCUT2D eigenvalue weighted by Gasteiger charge is 2.17. The summed E-state index contributed by atoms with van der Waals surface area (Å²) in [6.07, 6.45) is 7.64. The first-order valence-corrected chi connectivity index (χ1v) is 10.7. The van der Waals surface area contributed by atoms with Gasteiger partial charge < -0.3 is 4.40 Å². The molecule has 0 aliphatic heterocycles. The number of halogens is 1. The average Bonchev–Trinajstić information content (AvgIpc) is 3.37. The highest BCUT2D eigenvalue weighted by molar-refractivity contribution is 7.98. The fourth-order valence-electron chi connectivity index (χ4n) is 3.24. The summed E-state index contributed by atoms with van der Waals surface area (Å²) in [5, 5.41) is 10.4. The van der Waals surface area contributed by atoms with Crippen molar-refractivity contribution in [2.45, 2.75) is 17.8 Å². The smallest absolute Gasteiger partial charge is 0.196 e. The predicted octanol–water partition coefficient (Wildman–Crippen LogP) is 5.23. The zero-order chi connectivity index (χ0) is 20.5. The third-order valence-electron chi connectivity index (χ3n) is 4.65. The highest BCUT2D eigenvalue weighted by atomic mass is 35.5. The third-order valence-corrected chi connectivity index (χ3v) is 5.87. The quantitative estimate of drug-likeness (QED) is 0.356. The summed E-state index contributed by atoms with van der Waals surface area (Å²) in [6, 6.07) is 15.6. The summed E-state index contributed by atoms with van der Waals surface area (Å²) in [4.78, 5) is 8.81. The number of imidazole rings is 1. The summed E-state index contributed by atoms with van der Waals surface area (Å²) in [7, 11) is 0. The molecular weight excluding hydrogens is 416 g/mol. The maximum atomic E-state index is 6.10. The molecular formula is C22H17ClN6S. The molecule has 0 saturated heterocycles. The molecule has 0 N–H and O–H groups in total. The molecule has 8 heteroatoms. The first-order chi connectivity index (χ1) is 14.7. The Hall–Kier alpha value is -3.16. The van der Waals surface area contributed by atoms with Gasteiger partial charge in [-0.1, -0.05) is 29.4 Å². The Labute approximate surface area is 182 Å². The van der Waals surface area contributed by atoms with Crippen molar-refractivity contribution in [3.05, 3.63) is 89.6 Å². The first kappa shape index (κ1) is 18.8. The molecule has 6 nitrogen and oxygen atoms in total. The number of benzene rings is 1. The molecule has 0 spiro atoms. The standard InChI is InChI=1S/C22H17ClN6S/c1-15-2-7-20-25-18(13-28(20)12-15)14-30-22-27-26-21(16-8-10-24-11-9-16)29(22)19-5-3-17(23)4-6-19/h2-13H,14H2,1H3. The van der Waals surface area contributed by atoms with E-state index in [-0.39, 0.29) is 0 Å². The Bertz CT molecular complexity index is 1310. The number of nitrogens with zero attached hydrogens (tertiary/aromatic N) is 6. The number of pyridine rings is 2. The van der Waals surface area contributed by atoms with Crippen molar-refractivity contribution in [1.82, 2.24) is 29.1 Å². The minimum absolute atomic E-state index is 0.683. The lowest BCUT2D eigenvalue weighted by atomic mass is 10.2. The van der Waals surface area contributed by atoms with Gasteiger partial charge in [-0.15, -0.1) is 10.2 Å². The summed E-state index contributed by atoms with van der Waals surface area (Å²) in [6.45, 7) is 2.07. The van der Waals surface area contributed by atoms with Gasteiger partial charge in [-0.25, -0.2) is 4.98 Å². The lowest BCUT2D eigenvalue weighted by molar-refractivity contribution is 0.885. The summed E-state index contributed by atoms with van der Waals surface area (Å²) in [5.74, 6) is 1.44. The molecule has 1 aromatic carbocycles. The van der Waals surface area contributed by atoms with E-state index in [0.29, 0.717) is 10.8 Å². The Balaban J connectivity index is 1.51. The largest absolute Gasteiger partial charge is 0.307 e. The van der Waals surface area contributed by atoms with Crippen molar-refractivity contribution >= 4 is 29.0 Å². The third kappa shape index (κ3) is 3.69. The second-order valence-corrected chi connectivity index (χ2v) is 8.23. The van der Waals surface area contributed by atoms with E-state index in [0.717, 1.165) is 33.6 Å². The van der Waals surface area contributed by atoms with Crippen LogP contribution in [0.2, 0.25) is 5.02 Å². The molecule has 0 fully saturated rings. The van der Waals surface area contributed by atoms with E-state index in [9.17, 15) is 0 Å². The molecule has 0 aliphatic rings. The Kier molecular flexibility index (Phi) is 4.98. The van der Waals surface area contributed by atoms with Gasteiger partial charge in [-0.3, -0.25) is 9.55 Å². The molecule has 5 aromatic rings. The van der Waals surface area contributed by atoms with Crippen LogP contribution in [-0.4, -0.2) is 29.1 Å². The van der Waals surface area contributed by atoms with Crippen LogP contribution < -0.4 is 0 Å². The van der Waals surface area contributed by atoms with Crippen molar-refractivity contribution in [2.75, 3.05) is 0 Å². The molecule has 5 rings (SSSR count). The zero-order valence-electron chi connectivity index (χ0n) is 16.1. The van der Waals surface area contributed by atoms with Crippen molar-refractivity contribution in [1.29, 1.82) is 0 Å². The van der Waals surface area contributed by atoms with E-state index < -0.39 is 0 Å². The van der Waals surface area contributed by atoms with Crippen LogP contribution in [0.1, 0.15) is 11.3 Å². The van der Waals surface area contributed by atoms with Crippen LogP contribution in [0.25, 0.3) is 22.7 Å². The Morgan fingerprint density at radius 3 is 2.53 bits per heavy atom. The van der Waals surface area contributed by atoms with Crippen molar-refractivity contribution in [2.24, 2.45) is 0 Å². The van der Waals surface area contributed by atoms with Crippen LogP contribution in [-0.2, 0) is 5.75 Å². The number of aromatic nitrogens is 6. The van der Waals surface area contributed by atoms with E-state index in [1.807, 2.05) is 47.0 Å². The number of thioether (sulfide) groups is 1. The van der Waals surface area contributed by atoms with Gasteiger partial charge in [-0.05, 0) is 55.0 Å². The molecule has 0 atom stereocenters. The van der Waals surface area contributed by atoms with E-state index in [1.165, 1.54) is 5.56 Å². The second-order valence-electron chi connectivity index (χ2n) is 6.85. The number of hydrogen-bond donors (Lipinski definition) is 0. The fourth-order valence-corrected chi connectivity index (χ4v) is 4.20. The molecule has 148 valence electrons. The lowest BCUT2D eigenvalue weighted by Crippen LogP contribution is -1.99. The topological polar surface area (TPSA) is 60.9 Å². The first-order valence-electron chi connectivity index (χ1n) is 9.36. The molecule has 0 radical (unpaired) electrons. The van der Waals surface area contributed by atoms with Gasteiger partial charge in [-0.2, -0.15) is 0 Å². The maximum Gasteiger partial charge on any atom is 0.196 e. The second kappa shape index (κ2) is 7.93. The van der Waals surface area contributed by atoms with Crippen LogP contribution in [0.3, 0.4) is 0 Å². The van der Waals surface area contributed by atoms with Crippen molar-refractivity contribution in [3.8, 4) is 17.1 Å². The van der Waals surface area contributed by atoms with Crippen LogP contribution in [0.4, 0.5) is 0 Å². The molecule has 4 aromatic heterocycles. The SMILES string of the molecule is Cc1ccc2nc(CSc3nnc(-c4ccncc4)n3-c3ccc(Cl)cc3)cn2c1. The Morgan fingerprint density at radius 2 is 1.73 bits per heavy atom. The fraction of sp³-hybridized carbons (Fsp3) is 0.0909. The maximum absolute atomic E-state index is 6.10. The van der Waals surface area contributed by atoms with E-state index in [1.54, 1.807) is 24.2 Å². The van der Waals surface area contributed by atoms with Crippen LogP contribution in [0.5, 0.6) is 0 Å². The van der Waals surface area contributed by atoms with E-state index in [4.69, 9.17) is 16.6 Å². The normalized spacial score (nSPS) is 11.3. The van der Waals surface area contributed by atoms with Gasteiger partial charge in [0.15, 0.2) is 11.0 Å².